The van der Waals surface area contributed by atoms with E-state index in [9.17, 15) is 0 Å². The number of aromatic nitrogens is 4. The van der Waals surface area contributed by atoms with Gasteiger partial charge in [0.2, 0.25) is 5.88 Å². The Morgan fingerprint density at radius 3 is 2.39 bits per heavy atom. The quantitative estimate of drug-likeness (QED) is 0.732. The normalized spacial score (nSPS) is 10.4. The number of hydrogen-bond donors (Lipinski definition) is 1. The fourth-order valence-electron chi connectivity index (χ4n) is 1.72. The fourth-order valence-corrected chi connectivity index (χ4v) is 1.72. The Morgan fingerprint density at radius 1 is 0.944 bits per heavy atom. The van der Waals surface area contributed by atoms with Gasteiger partial charge in [-0.25, -0.2) is 9.97 Å². The minimum atomic E-state index is 0.264. The van der Waals surface area contributed by atoms with E-state index in [0.29, 0.717) is 5.69 Å². The van der Waals surface area contributed by atoms with Crippen LogP contribution in [0.25, 0.3) is 22.4 Å². The molecule has 6 nitrogen and oxygen atoms in total. The molecule has 3 aromatic heterocycles. The van der Waals surface area contributed by atoms with Gasteiger partial charge in [0, 0.05) is 30.4 Å². The second kappa shape index (κ2) is 4.25. The van der Waals surface area contributed by atoms with E-state index < -0.39 is 0 Å². The molecule has 0 amide bonds. The highest BCUT2D eigenvalue weighted by molar-refractivity contribution is 5.86. The molecule has 0 aliphatic rings. The summed E-state index contributed by atoms with van der Waals surface area (Å²) < 4.78 is 5.06. The molecule has 0 saturated heterocycles. The van der Waals surface area contributed by atoms with Crippen molar-refractivity contribution in [2.24, 2.45) is 0 Å². The summed E-state index contributed by atoms with van der Waals surface area (Å²) >= 11 is 0. The van der Waals surface area contributed by atoms with Gasteiger partial charge in [0.15, 0.2) is 0 Å². The molecule has 0 spiro atoms. The van der Waals surface area contributed by atoms with E-state index >= 15 is 0 Å². The van der Waals surface area contributed by atoms with Crippen molar-refractivity contribution in [3.8, 4) is 22.4 Å². The molecule has 0 aliphatic carbocycles. The van der Waals surface area contributed by atoms with Crippen molar-refractivity contribution in [2.45, 2.75) is 0 Å². The summed E-state index contributed by atoms with van der Waals surface area (Å²) in [6.45, 7) is 0. The summed E-state index contributed by atoms with van der Waals surface area (Å²) in [6.07, 6.45) is 8.16. The van der Waals surface area contributed by atoms with E-state index in [1.54, 1.807) is 24.8 Å². The highest BCUT2D eigenvalue weighted by Crippen LogP contribution is 2.34. The Kier molecular flexibility index (Phi) is 2.45. The highest BCUT2D eigenvalue weighted by atomic mass is 16.5. The summed E-state index contributed by atoms with van der Waals surface area (Å²) in [7, 11) is 0. The van der Waals surface area contributed by atoms with Crippen LogP contribution < -0.4 is 5.73 Å². The average molecular weight is 239 g/mol. The van der Waals surface area contributed by atoms with Crippen molar-refractivity contribution >= 4 is 5.88 Å². The number of pyridine rings is 1. The number of nitrogen functional groups attached to an aromatic ring is 1. The van der Waals surface area contributed by atoms with Crippen LogP contribution in [0.15, 0.2) is 47.8 Å². The molecule has 0 bridgehead atoms. The van der Waals surface area contributed by atoms with Gasteiger partial charge in [0.25, 0.3) is 0 Å². The van der Waals surface area contributed by atoms with E-state index in [-0.39, 0.29) is 5.88 Å². The van der Waals surface area contributed by atoms with Crippen molar-refractivity contribution < 1.29 is 4.52 Å². The van der Waals surface area contributed by atoms with Crippen LogP contribution in [0.1, 0.15) is 0 Å². The van der Waals surface area contributed by atoms with Gasteiger partial charge in [-0.1, -0.05) is 5.16 Å². The Morgan fingerprint density at radius 2 is 1.67 bits per heavy atom. The van der Waals surface area contributed by atoms with E-state index in [1.807, 2.05) is 12.1 Å². The molecule has 0 atom stereocenters. The highest BCUT2D eigenvalue weighted by Gasteiger charge is 2.17. The van der Waals surface area contributed by atoms with Crippen LogP contribution in [0.5, 0.6) is 0 Å². The van der Waals surface area contributed by atoms with Crippen molar-refractivity contribution in [1.29, 1.82) is 0 Å². The Balaban J connectivity index is 2.19. The smallest absolute Gasteiger partial charge is 0.230 e. The van der Waals surface area contributed by atoms with E-state index in [1.165, 1.54) is 6.33 Å². The summed E-state index contributed by atoms with van der Waals surface area (Å²) in [5.74, 6) is 0.264. The molecule has 0 saturated carbocycles. The largest absolute Gasteiger partial charge is 0.367 e. The molecule has 0 aliphatic heterocycles. The van der Waals surface area contributed by atoms with Gasteiger partial charge in [-0.15, -0.1) is 0 Å². The van der Waals surface area contributed by atoms with Crippen molar-refractivity contribution in [2.75, 3.05) is 5.73 Å². The molecule has 0 aromatic carbocycles. The van der Waals surface area contributed by atoms with Crippen molar-refractivity contribution in [3.63, 3.8) is 0 Å². The zero-order valence-electron chi connectivity index (χ0n) is 9.32. The third kappa shape index (κ3) is 1.69. The van der Waals surface area contributed by atoms with E-state index in [4.69, 9.17) is 10.3 Å². The van der Waals surface area contributed by atoms with Gasteiger partial charge in [0.05, 0.1) is 5.56 Å². The van der Waals surface area contributed by atoms with E-state index in [2.05, 4.69) is 20.1 Å². The number of nitrogens with zero attached hydrogens (tertiary/aromatic N) is 4. The predicted molar refractivity (Wildman–Crippen MR) is 65.2 cm³/mol. The molecular formula is C12H9N5O. The van der Waals surface area contributed by atoms with Crippen LogP contribution in [-0.4, -0.2) is 20.1 Å². The van der Waals surface area contributed by atoms with Crippen LogP contribution in [0, 0.1) is 0 Å². The molecule has 3 aromatic rings. The van der Waals surface area contributed by atoms with Crippen LogP contribution in [0.2, 0.25) is 0 Å². The molecular weight excluding hydrogens is 230 g/mol. The topological polar surface area (TPSA) is 90.7 Å². The minimum Gasteiger partial charge on any atom is -0.367 e. The van der Waals surface area contributed by atoms with Crippen molar-refractivity contribution in [3.05, 3.63) is 43.2 Å². The maximum absolute atomic E-state index is 5.82. The number of hydrogen-bond acceptors (Lipinski definition) is 6. The zero-order valence-corrected chi connectivity index (χ0v) is 9.32. The van der Waals surface area contributed by atoms with Gasteiger partial charge >= 0.3 is 0 Å². The molecule has 0 fully saturated rings. The van der Waals surface area contributed by atoms with Crippen LogP contribution in [0.3, 0.4) is 0 Å². The molecule has 18 heavy (non-hydrogen) atoms. The Labute approximate surface area is 103 Å². The lowest BCUT2D eigenvalue weighted by atomic mass is 10.0. The molecule has 0 radical (unpaired) electrons. The zero-order chi connectivity index (χ0) is 12.4. The molecule has 3 heterocycles. The van der Waals surface area contributed by atoms with E-state index in [0.717, 1.165) is 16.7 Å². The number of anilines is 1. The SMILES string of the molecule is Nc1onc(-c2cncnc2)c1-c1ccncc1. The second-order valence-electron chi connectivity index (χ2n) is 3.63. The summed E-state index contributed by atoms with van der Waals surface area (Å²) in [4.78, 5) is 11.9. The summed E-state index contributed by atoms with van der Waals surface area (Å²) in [5.41, 5.74) is 8.82. The van der Waals surface area contributed by atoms with Crippen molar-refractivity contribution in [1.82, 2.24) is 20.1 Å². The van der Waals surface area contributed by atoms with Crippen LogP contribution in [0.4, 0.5) is 5.88 Å². The van der Waals surface area contributed by atoms with Gasteiger partial charge in [-0.05, 0) is 17.7 Å². The lowest BCUT2D eigenvalue weighted by Crippen LogP contribution is -1.89. The molecule has 2 N–H and O–H groups in total. The first-order chi connectivity index (χ1) is 8.86. The van der Waals surface area contributed by atoms with Gasteiger partial charge in [0.1, 0.15) is 12.0 Å². The molecule has 88 valence electrons. The van der Waals surface area contributed by atoms with Crippen LogP contribution >= 0.6 is 0 Å². The third-order valence-electron chi connectivity index (χ3n) is 2.52. The van der Waals surface area contributed by atoms with Crippen LogP contribution in [-0.2, 0) is 0 Å². The lowest BCUT2D eigenvalue weighted by Gasteiger charge is -2.01. The number of nitrogens with two attached hydrogens (primary N) is 1. The van der Waals surface area contributed by atoms with Gasteiger partial charge < -0.3 is 10.3 Å². The second-order valence-corrected chi connectivity index (χ2v) is 3.63. The molecule has 0 unspecified atom stereocenters. The monoisotopic (exact) mass is 239 g/mol. The number of rotatable bonds is 2. The Hall–Kier alpha value is -2.76. The first kappa shape index (κ1) is 10.4. The predicted octanol–water partition coefficient (Wildman–Crippen LogP) is 1.78. The molecule has 3 rings (SSSR count). The maximum atomic E-state index is 5.82. The lowest BCUT2D eigenvalue weighted by molar-refractivity contribution is 0.439. The fraction of sp³-hybridized carbons (Fsp3) is 0. The summed E-state index contributed by atoms with van der Waals surface area (Å²) in [5, 5.41) is 3.96. The Bertz CT molecular complexity index is 651. The standard InChI is InChI=1S/C12H9N5O/c13-12-10(8-1-3-14-4-2-8)11(17-18-12)9-5-15-7-16-6-9/h1-7H,13H2. The first-order valence-corrected chi connectivity index (χ1v) is 5.27. The summed E-state index contributed by atoms with van der Waals surface area (Å²) in [6, 6.07) is 3.69. The van der Waals surface area contributed by atoms with Gasteiger partial charge in [-0.3, -0.25) is 4.98 Å². The molecule has 6 heteroatoms. The maximum Gasteiger partial charge on any atom is 0.230 e. The third-order valence-corrected chi connectivity index (χ3v) is 2.52. The minimum absolute atomic E-state index is 0.264. The first-order valence-electron chi connectivity index (χ1n) is 5.27. The van der Waals surface area contributed by atoms with Gasteiger partial charge in [-0.2, -0.15) is 0 Å². The average Bonchev–Trinajstić information content (AvgIpc) is 2.83.